The lowest BCUT2D eigenvalue weighted by Crippen LogP contribution is -2.41. The minimum Gasteiger partial charge on any atom is -0.346 e. The van der Waals surface area contributed by atoms with Gasteiger partial charge in [-0.1, -0.05) is 58.6 Å². The molecule has 282 valence electrons. The number of nitrogens with one attached hydrogen (secondary N) is 2. The molecule has 11 heteroatoms. The minimum absolute atomic E-state index is 0.00353. The Bertz CT molecular complexity index is 2130. The average Bonchev–Trinajstić information content (AvgIpc) is 3.78. The lowest BCUT2D eigenvalue weighted by Gasteiger charge is -2.28. The van der Waals surface area contributed by atoms with Crippen LogP contribution in [0.3, 0.4) is 0 Å². The Morgan fingerprint density at radius 1 is 0.852 bits per heavy atom. The lowest BCUT2D eigenvalue weighted by atomic mass is 9.96. The van der Waals surface area contributed by atoms with Crippen LogP contribution >= 0.6 is 0 Å². The number of amides is 2. The number of nitrogens with zero attached hydrogens (tertiary/aromatic N) is 5. The molecule has 2 amide bonds. The van der Waals surface area contributed by atoms with Crippen LogP contribution in [0.4, 0.5) is 0 Å². The molecule has 2 aromatic heterocycles. The van der Waals surface area contributed by atoms with Gasteiger partial charge in [0, 0.05) is 41.9 Å². The van der Waals surface area contributed by atoms with Gasteiger partial charge in [-0.25, -0.2) is 15.0 Å². The van der Waals surface area contributed by atoms with Crippen molar-refractivity contribution in [3.8, 4) is 23.1 Å². The highest BCUT2D eigenvalue weighted by Gasteiger charge is 2.56. The second kappa shape index (κ2) is 14.0. The van der Waals surface area contributed by atoms with E-state index in [0.717, 1.165) is 77.3 Å². The predicted molar refractivity (Wildman–Crippen MR) is 207 cm³/mol. The fraction of sp³-hybridized carbons (Fsp3) is 0.512. The highest BCUT2D eigenvalue weighted by Crippen LogP contribution is 2.59. The zero-order valence-electron chi connectivity index (χ0n) is 32.2. The van der Waals surface area contributed by atoms with Crippen LogP contribution in [0.5, 0.6) is 0 Å². The molecule has 11 nitrogen and oxygen atoms in total. The Labute approximate surface area is 317 Å². The smallest absolute Gasteiger partial charge is 0.248 e. The summed E-state index contributed by atoms with van der Waals surface area (Å²) in [5.74, 6) is 8.81. The molecule has 2 aromatic carbocycles. The van der Waals surface area contributed by atoms with Crippen molar-refractivity contribution in [1.29, 1.82) is 0 Å². The Morgan fingerprint density at radius 3 is 2.11 bits per heavy atom. The van der Waals surface area contributed by atoms with Crippen molar-refractivity contribution in [2.24, 2.45) is 33.6 Å². The van der Waals surface area contributed by atoms with Crippen LogP contribution in [0.1, 0.15) is 108 Å². The summed E-state index contributed by atoms with van der Waals surface area (Å²) in [7, 11) is 1.41. The molecule has 4 aromatic rings. The molecule has 2 aliphatic heterocycles. The Kier molecular flexibility index (Phi) is 9.37. The van der Waals surface area contributed by atoms with Gasteiger partial charge in [-0.15, -0.1) is 0 Å². The molecule has 8 rings (SSSR count). The van der Waals surface area contributed by atoms with E-state index in [4.69, 9.17) is 14.9 Å². The molecule has 0 radical (unpaired) electrons. The van der Waals surface area contributed by atoms with Crippen LogP contribution in [-0.2, 0) is 19.4 Å². The molecule has 4 aliphatic rings. The summed E-state index contributed by atoms with van der Waals surface area (Å²) < 4.78 is 0. The first-order valence-corrected chi connectivity index (χ1v) is 19.5. The number of imidazole rings is 2. The normalized spacial score (nSPS) is 22.1. The predicted octanol–water partition coefficient (Wildman–Crippen LogP) is 7.38. The minimum atomic E-state index is -0.568. The number of carbonyl (C=O) groups excluding carboxylic acids is 2. The van der Waals surface area contributed by atoms with E-state index in [0.29, 0.717) is 12.5 Å². The van der Waals surface area contributed by atoms with Gasteiger partial charge in [0.15, 0.2) is 0 Å². The first-order valence-electron chi connectivity index (χ1n) is 19.5. The van der Waals surface area contributed by atoms with Crippen LogP contribution in [0.25, 0.3) is 22.3 Å². The van der Waals surface area contributed by atoms with Crippen LogP contribution in [-0.4, -0.2) is 74.2 Å². The van der Waals surface area contributed by atoms with E-state index in [9.17, 15) is 9.59 Å². The molecule has 2 aliphatic carbocycles. The molecule has 2 saturated heterocycles. The second-order valence-corrected chi connectivity index (χ2v) is 17.0. The van der Waals surface area contributed by atoms with Crippen molar-refractivity contribution in [3.05, 3.63) is 71.4 Å². The van der Waals surface area contributed by atoms with Gasteiger partial charge < -0.3 is 24.7 Å². The standard InChI is InChI=1S/C43H51N7O4/c1-26(2)28(5)40(51)49-23-42(15-16-42)20-35(49)38-44-22-34(48-38)31-12-9-29(10-13-31)7-8-30-11-14-32-33(19-30)47-39(46-32)36-21-43(17-18-43)24-50(36)41(52)37(27(3)4)45-25-54-53-6/h9-14,19,22,25-28,35-37H,15-18,20-21,23-24H2,1-6H3,(H,44,48)(H,46,47)/b45-25+/t28-,35-,36-,37-/m0/s1. The zero-order valence-corrected chi connectivity index (χ0v) is 32.2. The van der Waals surface area contributed by atoms with Crippen LogP contribution in [0.15, 0.2) is 53.7 Å². The van der Waals surface area contributed by atoms with E-state index in [2.05, 4.69) is 62.6 Å². The third-order valence-corrected chi connectivity index (χ3v) is 12.4. The van der Waals surface area contributed by atoms with Crippen LogP contribution in [0.2, 0.25) is 0 Å². The van der Waals surface area contributed by atoms with Crippen LogP contribution < -0.4 is 0 Å². The zero-order chi connectivity index (χ0) is 37.8. The molecule has 4 heterocycles. The summed E-state index contributed by atoms with van der Waals surface area (Å²) in [6.07, 6.45) is 9.67. The lowest BCUT2D eigenvalue weighted by molar-refractivity contribution is -0.188. The fourth-order valence-corrected chi connectivity index (χ4v) is 8.30. The molecule has 2 saturated carbocycles. The highest BCUT2D eigenvalue weighted by molar-refractivity contribution is 5.85. The largest absolute Gasteiger partial charge is 0.346 e. The van der Waals surface area contributed by atoms with Gasteiger partial charge in [-0.3, -0.25) is 9.59 Å². The number of fused-ring (bicyclic) bond motifs is 1. The molecule has 54 heavy (non-hydrogen) atoms. The molecular formula is C43H51N7O4. The van der Waals surface area contributed by atoms with Gasteiger partial charge in [0.25, 0.3) is 0 Å². The maximum Gasteiger partial charge on any atom is 0.248 e. The third-order valence-electron chi connectivity index (χ3n) is 12.4. The quantitative estimate of drug-likeness (QED) is 0.0577. The molecule has 2 spiro atoms. The molecule has 4 fully saturated rings. The van der Waals surface area contributed by atoms with E-state index in [1.165, 1.54) is 26.4 Å². The van der Waals surface area contributed by atoms with Crippen LogP contribution in [0, 0.1) is 40.4 Å². The van der Waals surface area contributed by atoms with E-state index < -0.39 is 6.04 Å². The van der Waals surface area contributed by atoms with E-state index in [1.807, 2.05) is 62.2 Å². The van der Waals surface area contributed by atoms with Gasteiger partial charge in [-0.05, 0) is 91.5 Å². The maximum absolute atomic E-state index is 13.9. The number of aromatic amines is 2. The maximum atomic E-state index is 13.9. The summed E-state index contributed by atoms with van der Waals surface area (Å²) in [5.41, 5.74) is 5.82. The molecule has 2 N–H and O–H groups in total. The van der Waals surface area contributed by atoms with Crippen molar-refractivity contribution < 1.29 is 19.4 Å². The topological polar surface area (TPSA) is 129 Å². The number of carbonyl (C=O) groups is 2. The molecular weight excluding hydrogens is 679 g/mol. The second-order valence-electron chi connectivity index (χ2n) is 17.0. The van der Waals surface area contributed by atoms with Gasteiger partial charge in [0.1, 0.15) is 17.7 Å². The summed E-state index contributed by atoms with van der Waals surface area (Å²) in [4.78, 5) is 62.2. The highest BCUT2D eigenvalue weighted by atomic mass is 17.2. The summed E-state index contributed by atoms with van der Waals surface area (Å²) >= 11 is 0. The van der Waals surface area contributed by atoms with Gasteiger partial charge >= 0.3 is 0 Å². The number of H-pyrrole nitrogens is 2. The number of likely N-dealkylation sites (tertiary alicyclic amines) is 2. The molecule has 4 atom stereocenters. The van der Waals surface area contributed by atoms with E-state index >= 15 is 0 Å². The van der Waals surface area contributed by atoms with Crippen molar-refractivity contribution in [1.82, 2.24) is 29.7 Å². The van der Waals surface area contributed by atoms with Crippen molar-refractivity contribution in [3.63, 3.8) is 0 Å². The fourth-order valence-electron chi connectivity index (χ4n) is 8.30. The monoisotopic (exact) mass is 729 g/mol. The summed E-state index contributed by atoms with van der Waals surface area (Å²) in [6.45, 7) is 11.8. The summed E-state index contributed by atoms with van der Waals surface area (Å²) in [6, 6.07) is 13.4. The Morgan fingerprint density at radius 2 is 1.48 bits per heavy atom. The number of benzene rings is 2. The molecule has 0 bridgehead atoms. The first kappa shape index (κ1) is 36.0. The van der Waals surface area contributed by atoms with Crippen molar-refractivity contribution in [2.45, 2.75) is 91.3 Å². The number of aromatic nitrogens is 4. The summed E-state index contributed by atoms with van der Waals surface area (Å²) in [5, 5.41) is 0. The number of hydrogen-bond donors (Lipinski definition) is 2. The van der Waals surface area contributed by atoms with Gasteiger partial charge in [0.05, 0.1) is 35.9 Å². The average molecular weight is 730 g/mol. The van der Waals surface area contributed by atoms with E-state index in [-0.39, 0.29) is 46.6 Å². The number of rotatable bonds is 10. The van der Waals surface area contributed by atoms with Crippen molar-refractivity contribution in [2.75, 3.05) is 20.2 Å². The van der Waals surface area contributed by atoms with Gasteiger partial charge in [-0.2, -0.15) is 4.89 Å². The third kappa shape index (κ3) is 7.04. The number of hydrogen-bond acceptors (Lipinski definition) is 7. The SMILES string of the molecule is COO/C=N/[C@H](C(=O)N1CC2(CC2)C[C@H]1c1nc2cc(C#Cc3ccc(-c4c[nH]c([C@@H]5CC6(CC6)CN5C(=O)[C@@H](C)C(C)C)n4)cc3)ccc2[nH]1)C(C)C. The van der Waals surface area contributed by atoms with Gasteiger partial charge in [0.2, 0.25) is 18.2 Å². The number of aliphatic imine (C=N–C) groups is 1. The van der Waals surface area contributed by atoms with E-state index in [1.54, 1.807) is 0 Å². The molecule has 0 unspecified atom stereocenters. The Hall–Kier alpha value is -4.95. The Balaban J connectivity index is 0.962. The van der Waals surface area contributed by atoms with Crippen molar-refractivity contribution >= 4 is 29.2 Å². The first-order chi connectivity index (χ1) is 26.0.